The molecule has 2 aromatic rings. The smallest absolute Gasteiger partial charge is 0.161 e. The summed E-state index contributed by atoms with van der Waals surface area (Å²) in [6, 6.07) is 10.2. The van der Waals surface area contributed by atoms with Crippen LogP contribution in [0.1, 0.15) is 17.4 Å². The molecule has 3 nitrogen and oxygen atoms in total. The Morgan fingerprint density at radius 3 is 2.80 bits per heavy atom. The van der Waals surface area contributed by atoms with E-state index < -0.39 is 0 Å². The van der Waals surface area contributed by atoms with E-state index in [1.807, 2.05) is 25.1 Å². The lowest BCUT2D eigenvalue weighted by Gasteiger charge is -2.17. The van der Waals surface area contributed by atoms with Gasteiger partial charge in [-0.05, 0) is 43.0 Å². The number of thiophene rings is 1. The molecule has 0 aliphatic heterocycles. The van der Waals surface area contributed by atoms with E-state index in [9.17, 15) is 0 Å². The van der Waals surface area contributed by atoms with Gasteiger partial charge < -0.3 is 14.8 Å². The first-order valence-electron chi connectivity index (χ1n) is 6.73. The summed E-state index contributed by atoms with van der Waals surface area (Å²) in [6.07, 6.45) is 0.0894. The Kier molecular flexibility index (Phi) is 5.44. The van der Waals surface area contributed by atoms with Gasteiger partial charge in [0, 0.05) is 18.0 Å². The third-order valence-electron chi connectivity index (χ3n) is 2.96. The minimum atomic E-state index is 0.0894. The van der Waals surface area contributed by atoms with Crippen molar-refractivity contribution in [1.29, 1.82) is 0 Å². The number of rotatable bonds is 7. The van der Waals surface area contributed by atoms with Crippen LogP contribution in [0.5, 0.6) is 11.5 Å². The summed E-state index contributed by atoms with van der Waals surface area (Å²) in [4.78, 5) is 1.34. The van der Waals surface area contributed by atoms with Gasteiger partial charge in [-0.1, -0.05) is 12.1 Å². The molecule has 0 fully saturated rings. The fourth-order valence-corrected chi connectivity index (χ4v) is 2.62. The zero-order valence-electron chi connectivity index (χ0n) is 12.2. The molecule has 4 heteroatoms. The lowest BCUT2D eigenvalue weighted by atomic mass is 10.2. The second-order valence-corrected chi connectivity index (χ2v) is 5.83. The van der Waals surface area contributed by atoms with Crippen LogP contribution in [-0.4, -0.2) is 19.8 Å². The molecule has 1 unspecified atom stereocenters. The van der Waals surface area contributed by atoms with Crippen LogP contribution < -0.4 is 14.8 Å². The van der Waals surface area contributed by atoms with Gasteiger partial charge in [0.25, 0.3) is 0 Å². The Bertz CT molecular complexity index is 525. The predicted octanol–water partition coefficient (Wildman–Crippen LogP) is 3.62. The van der Waals surface area contributed by atoms with E-state index in [4.69, 9.17) is 9.47 Å². The number of nitrogens with one attached hydrogen (secondary N) is 1. The van der Waals surface area contributed by atoms with Crippen LogP contribution in [0, 0.1) is 6.92 Å². The normalized spacial score (nSPS) is 12.2. The van der Waals surface area contributed by atoms with Crippen LogP contribution in [0.3, 0.4) is 0 Å². The number of aryl methyl sites for hydroxylation is 1. The average Bonchev–Trinajstić information content (AvgIpc) is 2.94. The van der Waals surface area contributed by atoms with Gasteiger partial charge in [-0.2, -0.15) is 0 Å². The Balaban J connectivity index is 1.83. The predicted molar refractivity (Wildman–Crippen MR) is 83.8 cm³/mol. The summed E-state index contributed by atoms with van der Waals surface area (Å²) in [5.74, 6) is 1.58. The van der Waals surface area contributed by atoms with E-state index in [1.165, 1.54) is 4.88 Å². The third kappa shape index (κ3) is 4.25. The number of hydrogen-bond acceptors (Lipinski definition) is 4. The SMILES string of the molecule is COc1cc(C)ccc1OC(C)CNCc1cccs1. The zero-order valence-corrected chi connectivity index (χ0v) is 13.0. The van der Waals surface area contributed by atoms with Crippen molar-refractivity contribution in [3.8, 4) is 11.5 Å². The molecule has 1 atom stereocenters. The van der Waals surface area contributed by atoms with Crippen LogP contribution >= 0.6 is 11.3 Å². The Morgan fingerprint density at radius 1 is 1.25 bits per heavy atom. The number of benzene rings is 1. The van der Waals surface area contributed by atoms with E-state index in [0.717, 1.165) is 30.2 Å². The Morgan fingerprint density at radius 2 is 2.10 bits per heavy atom. The fraction of sp³-hybridized carbons (Fsp3) is 0.375. The van der Waals surface area contributed by atoms with E-state index in [1.54, 1.807) is 18.4 Å². The number of methoxy groups -OCH3 is 1. The summed E-state index contributed by atoms with van der Waals surface area (Å²) < 4.78 is 11.3. The van der Waals surface area contributed by atoms with Gasteiger partial charge in [-0.3, -0.25) is 0 Å². The molecule has 1 heterocycles. The maximum absolute atomic E-state index is 5.93. The molecular formula is C16H21NO2S. The maximum atomic E-state index is 5.93. The summed E-state index contributed by atoms with van der Waals surface area (Å²) in [7, 11) is 1.67. The second-order valence-electron chi connectivity index (χ2n) is 4.79. The molecule has 0 radical (unpaired) electrons. The van der Waals surface area contributed by atoms with Crippen LogP contribution in [-0.2, 0) is 6.54 Å². The molecule has 0 spiro atoms. The monoisotopic (exact) mass is 291 g/mol. The van der Waals surface area contributed by atoms with E-state index in [2.05, 4.69) is 29.8 Å². The lowest BCUT2D eigenvalue weighted by molar-refractivity contribution is 0.207. The van der Waals surface area contributed by atoms with Gasteiger partial charge in [0.05, 0.1) is 7.11 Å². The van der Waals surface area contributed by atoms with Crippen LogP contribution in [0.4, 0.5) is 0 Å². The molecule has 1 aromatic carbocycles. The molecule has 108 valence electrons. The van der Waals surface area contributed by atoms with Crippen molar-refractivity contribution in [2.75, 3.05) is 13.7 Å². The molecule has 0 saturated carbocycles. The van der Waals surface area contributed by atoms with Gasteiger partial charge in [0.2, 0.25) is 0 Å². The molecule has 0 amide bonds. The first-order chi connectivity index (χ1) is 9.69. The first-order valence-corrected chi connectivity index (χ1v) is 7.61. The first kappa shape index (κ1) is 14.9. The lowest BCUT2D eigenvalue weighted by Crippen LogP contribution is -2.28. The number of ether oxygens (including phenoxy) is 2. The quantitative estimate of drug-likeness (QED) is 0.845. The van der Waals surface area contributed by atoms with Crippen LogP contribution in [0.2, 0.25) is 0 Å². The van der Waals surface area contributed by atoms with Crippen molar-refractivity contribution < 1.29 is 9.47 Å². The molecule has 1 N–H and O–H groups in total. The Hall–Kier alpha value is -1.52. The molecule has 0 bridgehead atoms. The molecule has 0 aliphatic carbocycles. The molecule has 1 aromatic heterocycles. The van der Waals surface area contributed by atoms with Gasteiger partial charge in [-0.25, -0.2) is 0 Å². The van der Waals surface area contributed by atoms with Crippen molar-refractivity contribution in [3.63, 3.8) is 0 Å². The fourth-order valence-electron chi connectivity index (χ4n) is 1.94. The number of hydrogen-bond donors (Lipinski definition) is 1. The Labute approximate surface area is 124 Å². The highest BCUT2D eigenvalue weighted by Gasteiger charge is 2.09. The van der Waals surface area contributed by atoms with Gasteiger partial charge >= 0.3 is 0 Å². The van der Waals surface area contributed by atoms with Crippen molar-refractivity contribution in [2.45, 2.75) is 26.5 Å². The standard InChI is InChI=1S/C16H21NO2S/c1-12-6-7-15(16(9-12)18-3)19-13(2)10-17-11-14-5-4-8-20-14/h4-9,13,17H,10-11H2,1-3H3. The van der Waals surface area contributed by atoms with Crippen molar-refractivity contribution in [1.82, 2.24) is 5.32 Å². The minimum absolute atomic E-state index is 0.0894. The zero-order chi connectivity index (χ0) is 14.4. The van der Waals surface area contributed by atoms with Crippen molar-refractivity contribution in [3.05, 3.63) is 46.2 Å². The highest BCUT2D eigenvalue weighted by molar-refractivity contribution is 7.09. The van der Waals surface area contributed by atoms with E-state index in [-0.39, 0.29) is 6.10 Å². The average molecular weight is 291 g/mol. The molecule has 0 saturated heterocycles. The van der Waals surface area contributed by atoms with Crippen molar-refractivity contribution >= 4 is 11.3 Å². The maximum Gasteiger partial charge on any atom is 0.161 e. The summed E-state index contributed by atoms with van der Waals surface area (Å²) in [5.41, 5.74) is 1.16. The van der Waals surface area contributed by atoms with E-state index in [0.29, 0.717) is 0 Å². The van der Waals surface area contributed by atoms with Gasteiger partial charge in [-0.15, -0.1) is 11.3 Å². The molecule has 20 heavy (non-hydrogen) atoms. The van der Waals surface area contributed by atoms with E-state index >= 15 is 0 Å². The topological polar surface area (TPSA) is 30.5 Å². The van der Waals surface area contributed by atoms with Gasteiger partial charge in [0.15, 0.2) is 11.5 Å². The molecule has 0 aliphatic rings. The molecular weight excluding hydrogens is 270 g/mol. The summed E-state index contributed by atoms with van der Waals surface area (Å²) in [5, 5.41) is 5.49. The second kappa shape index (κ2) is 7.31. The van der Waals surface area contributed by atoms with Crippen LogP contribution in [0.15, 0.2) is 35.7 Å². The summed E-state index contributed by atoms with van der Waals surface area (Å²) in [6.45, 7) is 5.78. The minimum Gasteiger partial charge on any atom is -0.493 e. The third-order valence-corrected chi connectivity index (χ3v) is 3.83. The highest BCUT2D eigenvalue weighted by Crippen LogP contribution is 2.28. The highest BCUT2D eigenvalue weighted by atomic mass is 32.1. The largest absolute Gasteiger partial charge is 0.493 e. The summed E-state index contributed by atoms with van der Waals surface area (Å²) >= 11 is 1.76. The van der Waals surface area contributed by atoms with Crippen molar-refractivity contribution in [2.24, 2.45) is 0 Å². The molecule has 2 rings (SSSR count). The van der Waals surface area contributed by atoms with Crippen LogP contribution in [0.25, 0.3) is 0 Å². The van der Waals surface area contributed by atoms with Gasteiger partial charge in [0.1, 0.15) is 6.10 Å².